The quantitative estimate of drug-likeness (QED) is 0.841. The minimum Gasteiger partial charge on any atom is -0.457 e. The number of thiocarbonyl (C=S) groups is 1. The average molecular weight is 339 g/mol. The summed E-state index contributed by atoms with van der Waals surface area (Å²) >= 11 is 8.17. The lowest BCUT2D eigenvalue weighted by Crippen LogP contribution is -2.36. The Hall–Kier alpha value is -1.66. The second-order valence-corrected chi connectivity index (χ2v) is 5.02. The maximum absolute atomic E-state index is 12.1. The van der Waals surface area contributed by atoms with Crippen molar-refractivity contribution in [3.63, 3.8) is 0 Å². The average Bonchev–Trinajstić information content (AvgIpc) is 2.82. The van der Waals surface area contributed by atoms with Crippen molar-refractivity contribution >= 4 is 39.0 Å². The molecule has 0 aliphatic carbocycles. The number of benzene rings is 1. The van der Waals surface area contributed by atoms with E-state index >= 15 is 0 Å². The minimum atomic E-state index is -0.509. The summed E-state index contributed by atoms with van der Waals surface area (Å²) in [6.45, 7) is 0. The molecular weight excluding hydrogens is 328 g/mol. The smallest absolute Gasteiger partial charge is 0.256 e. The Bertz CT molecular complexity index is 598. The van der Waals surface area contributed by atoms with Crippen LogP contribution in [0.5, 0.6) is 0 Å². The molecule has 1 aromatic carbocycles. The zero-order chi connectivity index (χ0) is 13.8. The van der Waals surface area contributed by atoms with Crippen molar-refractivity contribution in [3.05, 3.63) is 58.5 Å². The molecule has 1 atom stereocenters. The Morgan fingerprint density at radius 2 is 2.00 bits per heavy atom. The van der Waals surface area contributed by atoms with E-state index in [-0.39, 0.29) is 10.9 Å². The number of hydrogen-bond donors (Lipinski definition) is 2. The van der Waals surface area contributed by atoms with Gasteiger partial charge in [-0.05, 0) is 27.6 Å². The Morgan fingerprint density at radius 1 is 1.32 bits per heavy atom. The number of furan rings is 1. The monoisotopic (exact) mass is 338 g/mol. The van der Waals surface area contributed by atoms with Crippen LogP contribution >= 0.6 is 28.1 Å². The summed E-state index contributed by atoms with van der Waals surface area (Å²) in [6.07, 6.45) is 1.43. The van der Waals surface area contributed by atoms with Gasteiger partial charge in [-0.2, -0.15) is 0 Å². The van der Waals surface area contributed by atoms with E-state index < -0.39 is 6.04 Å². The summed E-state index contributed by atoms with van der Waals surface area (Å²) in [7, 11) is 0. The van der Waals surface area contributed by atoms with Crippen molar-refractivity contribution in [1.29, 1.82) is 0 Å². The van der Waals surface area contributed by atoms with Gasteiger partial charge < -0.3 is 15.5 Å². The highest BCUT2D eigenvalue weighted by Gasteiger charge is 2.20. The zero-order valence-corrected chi connectivity index (χ0v) is 12.2. The summed E-state index contributed by atoms with van der Waals surface area (Å²) in [5, 5.41) is 2.78. The summed E-state index contributed by atoms with van der Waals surface area (Å²) in [5.74, 6) is -0.303. The molecular formula is C13H11BrN2O2S. The molecule has 2 aromatic rings. The van der Waals surface area contributed by atoms with Gasteiger partial charge in [-0.15, -0.1) is 0 Å². The molecule has 0 bridgehead atoms. The molecule has 1 unspecified atom stereocenters. The number of nitrogens with one attached hydrogen (secondary N) is 1. The fourth-order valence-corrected chi connectivity index (χ4v) is 2.24. The van der Waals surface area contributed by atoms with Gasteiger partial charge in [0.2, 0.25) is 0 Å². The maximum Gasteiger partial charge on any atom is 0.256 e. The molecule has 0 spiro atoms. The molecule has 0 fully saturated rings. The lowest BCUT2D eigenvalue weighted by molar-refractivity contribution is 0.0945. The number of carbonyl (C=O) groups excluding carboxylic acids is 1. The molecule has 4 nitrogen and oxygen atoms in total. The molecule has 2 rings (SSSR count). The first-order valence-corrected chi connectivity index (χ1v) is 6.68. The molecule has 1 amide bonds. The van der Waals surface area contributed by atoms with Gasteiger partial charge in [0.15, 0.2) is 4.67 Å². The van der Waals surface area contributed by atoms with Crippen molar-refractivity contribution < 1.29 is 9.21 Å². The lowest BCUT2D eigenvalue weighted by Gasteiger charge is -2.17. The van der Waals surface area contributed by atoms with Gasteiger partial charge in [0, 0.05) is 0 Å². The largest absolute Gasteiger partial charge is 0.457 e. The highest BCUT2D eigenvalue weighted by molar-refractivity contribution is 9.10. The topological polar surface area (TPSA) is 68.3 Å². The van der Waals surface area contributed by atoms with Gasteiger partial charge in [-0.1, -0.05) is 42.5 Å². The Balaban J connectivity index is 2.21. The van der Waals surface area contributed by atoms with Crippen LogP contribution in [0.15, 0.2) is 51.7 Å². The molecule has 0 saturated heterocycles. The van der Waals surface area contributed by atoms with Gasteiger partial charge in [-0.3, -0.25) is 4.79 Å². The van der Waals surface area contributed by atoms with E-state index in [4.69, 9.17) is 22.4 Å². The maximum atomic E-state index is 12.1. The van der Waals surface area contributed by atoms with Crippen molar-refractivity contribution in [2.75, 3.05) is 0 Å². The number of hydrogen-bond acceptors (Lipinski definition) is 3. The molecule has 6 heteroatoms. The highest BCUT2D eigenvalue weighted by atomic mass is 79.9. The molecule has 0 saturated carbocycles. The molecule has 19 heavy (non-hydrogen) atoms. The van der Waals surface area contributed by atoms with Crippen LogP contribution in [-0.2, 0) is 0 Å². The first kappa shape index (κ1) is 13.8. The second-order valence-electron chi connectivity index (χ2n) is 3.83. The number of nitrogens with two attached hydrogens (primary N) is 1. The Labute approximate surface area is 124 Å². The first-order chi connectivity index (χ1) is 9.09. The minimum absolute atomic E-state index is 0.208. The summed E-state index contributed by atoms with van der Waals surface area (Å²) in [6, 6.07) is 10.4. The third-order valence-electron chi connectivity index (χ3n) is 2.56. The van der Waals surface area contributed by atoms with E-state index in [2.05, 4.69) is 21.2 Å². The molecule has 3 N–H and O–H groups in total. The van der Waals surface area contributed by atoms with E-state index in [1.54, 1.807) is 6.07 Å². The first-order valence-electron chi connectivity index (χ1n) is 5.47. The molecule has 1 heterocycles. The summed E-state index contributed by atoms with van der Waals surface area (Å²) in [4.78, 5) is 12.3. The lowest BCUT2D eigenvalue weighted by atomic mass is 10.1. The van der Waals surface area contributed by atoms with Gasteiger partial charge in [0.1, 0.15) is 11.0 Å². The highest BCUT2D eigenvalue weighted by Crippen LogP contribution is 2.19. The third-order valence-corrected chi connectivity index (χ3v) is 3.41. The normalized spacial score (nSPS) is 11.8. The zero-order valence-electron chi connectivity index (χ0n) is 9.80. The van der Waals surface area contributed by atoms with Gasteiger partial charge >= 0.3 is 0 Å². The van der Waals surface area contributed by atoms with Crippen LogP contribution in [-0.4, -0.2) is 10.9 Å². The number of halogens is 1. The second kappa shape index (κ2) is 5.99. The van der Waals surface area contributed by atoms with Gasteiger partial charge in [0.05, 0.1) is 11.8 Å². The predicted octanol–water partition coefficient (Wildman–Crippen LogP) is 2.80. The van der Waals surface area contributed by atoms with Gasteiger partial charge in [-0.25, -0.2) is 0 Å². The number of amides is 1. The molecule has 0 aliphatic rings. The Kier molecular flexibility index (Phi) is 4.34. The SMILES string of the molecule is NC(=S)C(NC(=O)c1ccoc1Br)c1ccccc1. The van der Waals surface area contributed by atoms with Crippen LogP contribution in [0.2, 0.25) is 0 Å². The molecule has 0 radical (unpaired) electrons. The molecule has 98 valence electrons. The van der Waals surface area contributed by atoms with Crippen LogP contribution in [0.1, 0.15) is 22.0 Å². The van der Waals surface area contributed by atoms with Gasteiger partial charge in [0.25, 0.3) is 5.91 Å². The van der Waals surface area contributed by atoms with Crippen LogP contribution in [0.25, 0.3) is 0 Å². The Morgan fingerprint density at radius 3 is 2.53 bits per heavy atom. The van der Waals surface area contributed by atoms with E-state index in [1.165, 1.54) is 6.26 Å². The number of carbonyl (C=O) groups is 1. The molecule has 1 aromatic heterocycles. The van der Waals surface area contributed by atoms with Crippen molar-refractivity contribution in [2.45, 2.75) is 6.04 Å². The van der Waals surface area contributed by atoms with E-state index in [1.807, 2.05) is 30.3 Å². The van der Waals surface area contributed by atoms with E-state index in [0.29, 0.717) is 10.2 Å². The fourth-order valence-electron chi connectivity index (χ4n) is 1.63. The fraction of sp³-hybridized carbons (Fsp3) is 0.0769. The standard InChI is InChI=1S/C13H11BrN2O2S/c14-11-9(6-7-18-11)13(17)16-10(12(15)19)8-4-2-1-3-5-8/h1-7,10H,(H2,15,19)(H,16,17). The van der Waals surface area contributed by atoms with Crippen LogP contribution in [0.3, 0.4) is 0 Å². The van der Waals surface area contributed by atoms with E-state index in [9.17, 15) is 4.79 Å². The summed E-state index contributed by atoms with van der Waals surface area (Å²) in [5.41, 5.74) is 6.93. The van der Waals surface area contributed by atoms with Crippen molar-refractivity contribution in [2.24, 2.45) is 5.73 Å². The van der Waals surface area contributed by atoms with Crippen molar-refractivity contribution in [1.82, 2.24) is 5.32 Å². The third kappa shape index (κ3) is 3.21. The summed E-state index contributed by atoms with van der Waals surface area (Å²) < 4.78 is 5.40. The predicted molar refractivity (Wildman–Crippen MR) is 79.8 cm³/mol. The van der Waals surface area contributed by atoms with Crippen LogP contribution in [0.4, 0.5) is 0 Å². The number of rotatable bonds is 4. The van der Waals surface area contributed by atoms with Crippen molar-refractivity contribution in [3.8, 4) is 0 Å². The van der Waals surface area contributed by atoms with Crippen LogP contribution in [0, 0.1) is 0 Å². The van der Waals surface area contributed by atoms with Crippen LogP contribution < -0.4 is 11.1 Å². The molecule has 0 aliphatic heterocycles. The van der Waals surface area contributed by atoms with E-state index in [0.717, 1.165) is 5.56 Å².